The Hall–Kier alpha value is -1.82. The van der Waals surface area contributed by atoms with Gasteiger partial charge in [-0.15, -0.1) is 0 Å². The molecule has 1 aromatic rings. The predicted octanol–water partition coefficient (Wildman–Crippen LogP) is 1.92. The Morgan fingerprint density at radius 1 is 1.19 bits per heavy atom. The summed E-state index contributed by atoms with van der Waals surface area (Å²) in [6, 6.07) is 7.47. The summed E-state index contributed by atoms with van der Waals surface area (Å²) in [6.07, 6.45) is 2.43. The van der Waals surface area contributed by atoms with Crippen LogP contribution in [0.3, 0.4) is 0 Å². The molecule has 0 fully saturated rings. The SMILES string of the molecule is CCCCNC(=S)NNC(=O)Cc1ccc(OCC)cc1. The zero-order valence-corrected chi connectivity index (χ0v) is 13.4. The topological polar surface area (TPSA) is 62.4 Å². The third-order valence-electron chi connectivity index (χ3n) is 2.73. The number of unbranched alkanes of at least 4 members (excludes halogenated alkanes) is 1. The molecular weight excluding hydrogens is 286 g/mol. The molecule has 0 saturated carbocycles. The van der Waals surface area contributed by atoms with Crippen LogP contribution in [0.1, 0.15) is 32.3 Å². The number of amides is 1. The van der Waals surface area contributed by atoms with E-state index in [1.807, 2.05) is 31.2 Å². The molecule has 0 spiro atoms. The third-order valence-corrected chi connectivity index (χ3v) is 2.98. The van der Waals surface area contributed by atoms with Gasteiger partial charge in [0, 0.05) is 6.54 Å². The minimum Gasteiger partial charge on any atom is -0.494 e. The first-order chi connectivity index (χ1) is 10.2. The zero-order chi connectivity index (χ0) is 15.5. The molecule has 0 aliphatic rings. The van der Waals surface area contributed by atoms with E-state index in [1.54, 1.807) is 0 Å². The second-order valence-electron chi connectivity index (χ2n) is 4.54. The maximum atomic E-state index is 11.8. The lowest BCUT2D eigenvalue weighted by Crippen LogP contribution is -2.47. The van der Waals surface area contributed by atoms with E-state index in [1.165, 1.54) is 0 Å². The van der Waals surface area contributed by atoms with E-state index in [0.29, 0.717) is 11.7 Å². The molecule has 6 heteroatoms. The summed E-state index contributed by atoms with van der Waals surface area (Å²) in [5, 5.41) is 3.45. The number of rotatable bonds is 7. The largest absolute Gasteiger partial charge is 0.494 e. The number of nitrogens with one attached hydrogen (secondary N) is 3. The molecule has 1 amide bonds. The summed E-state index contributed by atoms with van der Waals surface area (Å²) in [6.45, 7) is 5.48. The highest BCUT2D eigenvalue weighted by atomic mass is 32.1. The van der Waals surface area contributed by atoms with Gasteiger partial charge in [-0.3, -0.25) is 15.6 Å². The van der Waals surface area contributed by atoms with Crippen LogP contribution in [0.15, 0.2) is 24.3 Å². The first kappa shape index (κ1) is 17.2. The van der Waals surface area contributed by atoms with Crippen LogP contribution in [0.2, 0.25) is 0 Å². The molecule has 1 rings (SSSR count). The molecule has 0 atom stereocenters. The fourth-order valence-electron chi connectivity index (χ4n) is 1.65. The molecule has 116 valence electrons. The highest BCUT2D eigenvalue weighted by Gasteiger charge is 2.04. The number of thiocarbonyl (C=S) groups is 1. The van der Waals surface area contributed by atoms with E-state index >= 15 is 0 Å². The second-order valence-corrected chi connectivity index (χ2v) is 4.94. The van der Waals surface area contributed by atoms with Crippen LogP contribution in [0.5, 0.6) is 5.75 Å². The van der Waals surface area contributed by atoms with Crippen LogP contribution in [0.25, 0.3) is 0 Å². The van der Waals surface area contributed by atoms with Crippen molar-refractivity contribution in [3.8, 4) is 5.75 Å². The quantitative estimate of drug-likeness (QED) is 0.408. The second kappa shape index (κ2) is 9.99. The summed E-state index contributed by atoms with van der Waals surface area (Å²) in [5.41, 5.74) is 6.18. The molecule has 3 N–H and O–H groups in total. The van der Waals surface area contributed by atoms with E-state index < -0.39 is 0 Å². The van der Waals surface area contributed by atoms with Gasteiger partial charge in [0.05, 0.1) is 13.0 Å². The Morgan fingerprint density at radius 3 is 2.52 bits per heavy atom. The molecular formula is C15H23N3O2S. The zero-order valence-electron chi connectivity index (χ0n) is 12.6. The standard InChI is InChI=1S/C15H23N3O2S/c1-3-5-10-16-15(21)18-17-14(19)11-12-6-8-13(9-7-12)20-4-2/h6-9H,3-5,10-11H2,1-2H3,(H,17,19)(H2,16,18,21). The van der Waals surface area contributed by atoms with Crippen molar-refractivity contribution in [2.45, 2.75) is 33.1 Å². The van der Waals surface area contributed by atoms with Gasteiger partial charge >= 0.3 is 0 Å². The van der Waals surface area contributed by atoms with Crippen LogP contribution in [-0.2, 0) is 11.2 Å². The van der Waals surface area contributed by atoms with Gasteiger partial charge < -0.3 is 10.1 Å². The van der Waals surface area contributed by atoms with Gasteiger partial charge in [0.15, 0.2) is 5.11 Å². The Bertz CT molecular complexity index is 449. The number of ether oxygens (including phenoxy) is 1. The van der Waals surface area contributed by atoms with E-state index in [-0.39, 0.29) is 12.3 Å². The number of hydrazine groups is 1. The highest BCUT2D eigenvalue weighted by molar-refractivity contribution is 7.80. The van der Waals surface area contributed by atoms with Gasteiger partial charge in [0.25, 0.3) is 0 Å². The number of benzene rings is 1. The fraction of sp³-hybridized carbons (Fsp3) is 0.467. The molecule has 1 aromatic carbocycles. The van der Waals surface area contributed by atoms with Crippen molar-refractivity contribution in [1.29, 1.82) is 0 Å². The normalized spacial score (nSPS) is 9.81. The number of carbonyl (C=O) groups is 1. The molecule has 21 heavy (non-hydrogen) atoms. The Kier molecular flexibility index (Phi) is 8.19. The molecule has 5 nitrogen and oxygen atoms in total. The van der Waals surface area contributed by atoms with Crippen molar-refractivity contribution in [3.63, 3.8) is 0 Å². The summed E-state index contributed by atoms with van der Waals surface area (Å²) in [5.74, 6) is 0.667. The smallest absolute Gasteiger partial charge is 0.242 e. The first-order valence-corrected chi connectivity index (χ1v) is 7.61. The monoisotopic (exact) mass is 309 g/mol. The average Bonchev–Trinajstić information content (AvgIpc) is 2.48. The van der Waals surface area contributed by atoms with Gasteiger partial charge in [-0.1, -0.05) is 25.5 Å². The molecule has 0 unspecified atom stereocenters. The van der Waals surface area contributed by atoms with E-state index in [9.17, 15) is 4.79 Å². The van der Waals surface area contributed by atoms with Crippen LogP contribution in [0, 0.1) is 0 Å². The summed E-state index contributed by atoms with van der Waals surface area (Å²) >= 11 is 5.04. The van der Waals surface area contributed by atoms with Crippen molar-refractivity contribution in [2.75, 3.05) is 13.2 Å². The van der Waals surface area contributed by atoms with Gasteiger partial charge in [-0.05, 0) is 43.3 Å². The average molecular weight is 309 g/mol. The van der Waals surface area contributed by atoms with Gasteiger partial charge in [-0.2, -0.15) is 0 Å². The van der Waals surface area contributed by atoms with Crippen LogP contribution >= 0.6 is 12.2 Å². The van der Waals surface area contributed by atoms with Crippen molar-refractivity contribution in [1.82, 2.24) is 16.2 Å². The van der Waals surface area contributed by atoms with E-state index in [0.717, 1.165) is 30.7 Å². The van der Waals surface area contributed by atoms with Crippen LogP contribution in [0.4, 0.5) is 0 Å². The number of carbonyl (C=O) groups excluding carboxylic acids is 1. The number of hydrogen-bond acceptors (Lipinski definition) is 3. The summed E-state index contributed by atoms with van der Waals surface area (Å²) < 4.78 is 5.35. The van der Waals surface area contributed by atoms with Crippen LogP contribution in [-0.4, -0.2) is 24.2 Å². The van der Waals surface area contributed by atoms with Crippen molar-refractivity contribution in [2.24, 2.45) is 0 Å². The summed E-state index contributed by atoms with van der Waals surface area (Å²) in [7, 11) is 0. The van der Waals surface area contributed by atoms with Crippen LogP contribution < -0.4 is 20.9 Å². The maximum Gasteiger partial charge on any atom is 0.242 e. The molecule has 0 saturated heterocycles. The lowest BCUT2D eigenvalue weighted by atomic mass is 10.1. The van der Waals surface area contributed by atoms with Crippen molar-refractivity contribution < 1.29 is 9.53 Å². The van der Waals surface area contributed by atoms with Gasteiger partial charge in [-0.25, -0.2) is 0 Å². The lowest BCUT2D eigenvalue weighted by Gasteiger charge is -2.11. The molecule has 0 aliphatic carbocycles. The number of hydrogen-bond donors (Lipinski definition) is 3. The Labute approximate surface area is 131 Å². The summed E-state index contributed by atoms with van der Waals surface area (Å²) in [4.78, 5) is 11.8. The molecule has 0 aromatic heterocycles. The Morgan fingerprint density at radius 2 is 1.90 bits per heavy atom. The highest BCUT2D eigenvalue weighted by Crippen LogP contribution is 2.12. The third kappa shape index (κ3) is 7.51. The van der Waals surface area contributed by atoms with Gasteiger partial charge in [0.1, 0.15) is 5.75 Å². The van der Waals surface area contributed by atoms with Gasteiger partial charge in [0.2, 0.25) is 5.91 Å². The minimum absolute atomic E-state index is 0.140. The predicted molar refractivity (Wildman–Crippen MR) is 88.1 cm³/mol. The molecule has 0 bridgehead atoms. The molecule has 0 aliphatic heterocycles. The van der Waals surface area contributed by atoms with E-state index in [4.69, 9.17) is 17.0 Å². The Balaban J connectivity index is 2.28. The molecule has 0 radical (unpaired) electrons. The first-order valence-electron chi connectivity index (χ1n) is 7.20. The maximum absolute atomic E-state index is 11.8. The minimum atomic E-state index is -0.140. The van der Waals surface area contributed by atoms with Crippen molar-refractivity contribution in [3.05, 3.63) is 29.8 Å². The van der Waals surface area contributed by atoms with E-state index in [2.05, 4.69) is 23.1 Å². The molecule has 0 heterocycles. The van der Waals surface area contributed by atoms with Crippen molar-refractivity contribution >= 4 is 23.2 Å². The fourth-order valence-corrected chi connectivity index (χ4v) is 1.80. The lowest BCUT2D eigenvalue weighted by molar-refractivity contribution is -0.121.